The van der Waals surface area contributed by atoms with Crippen molar-refractivity contribution in [2.24, 2.45) is 0 Å². The molecule has 4 nitrogen and oxygen atoms in total. The van der Waals surface area contributed by atoms with E-state index in [1.807, 2.05) is 12.3 Å². The van der Waals surface area contributed by atoms with Gasteiger partial charge in [-0.25, -0.2) is 4.98 Å². The topological polar surface area (TPSA) is 46.3 Å². The van der Waals surface area contributed by atoms with Crippen LogP contribution in [0.1, 0.15) is 16.2 Å². The van der Waals surface area contributed by atoms with E-state index in [0.717, 1.165) is 5.69 Å². The molecule has 0 N–H and O–H groups in total. The second kappa shape index (κ2) is 4.39. The summed E-state index contributed by atoms with van der Waals surface area (Å²) < 4.78 is 5.74. The molecule has 0 saturated heterocycles. The van der Waals surface area contributed by atoms with Gasteiger partial charge in [0.05, 0.1) is 5.69 Å². The number of thiazole rings is 1. The largest absolute Gasteiger partial charge is 0.444 e. The van der Waals surface area contributed by atoms with Crippen LogP contribution >= 0.6 is 27.3 Å². The maximum absolute atomic E-state index is 11.9. The zero-order chi connectivity index (χ0) is 11.7. The molecule has 0 spiro atoms. The monoisotopic (exact) mass is 300 g/mol. The molecule has 2 aromatic heterocycles. The number of aromatic nitrogens is 1. The summed E-state index contributed by atoms with van der Waals surface area (Å²) in [5.74, 6) is 0.0854. The van der Waals surface area contributed by atoms with E-state index >= 15 is 0 Å². The number of aryl methyl sites for hydroxylation is 1. The molecular weight excluding hydrogens is 292 g/mol. The Bertz CT molecular complexity index is 520. The van der Waals surface area contributed by atoms with E-state index < -0.39 is 0 Å². The van der Waals surface area contributed by atoms with Crippen LogP contribution in [0.5, 0.6) is 0 Å². The van der Waals surface area contributed by atoms with E-state index in [9.17, 15) is 4.79 Å². The quantitative estimate of drug-likeness (QED) is 0.856. The van der Waals surface area contributed by atoms with Crippen LogP contribution in [0, 0.1) is 6.92 Å². The molecule has 2 rings (SSSR count). The molecule has 0 fully saturated rings. The minimum atomic E-state index is -0.208. The van der Waals surface area contributed by atoms with Gasteiger partial charge in [-0.05, 0) is 35.0 Å². The van der Waals surface area contributed by atoms with E-state index in [0.29, 0.717) is 15.6 Å². The summed E-state index contributed by atoms with van der Waals surface area (Å²) in [5, 5.41) is 2.56. The van der Waals surface area contributed by atoms with Gasteiger partial charge in [-0.3, -0.25) is 9.69 Å². The van der Waals surface area contributed by atoms with Crippen LogP contribution in [0.2, 0.25) is 0 Å². The first-order valence-electron chi connectivity index (χ1n) is 4.53. The number of hydrogen-bond acceptors (Lipinski definition) is 4. The van der Waals surface area contributed by atoms with Crippen molar-refractivity contribution in [3.05, 3.63) is 33.6 Å². The summed E-state index contributed by atoms with van der Waals surface area (Å²) >= 11 is 4.59. The second-order valence-corrected chi connectivity index (χ2v) is 4.86. The Balaban J connectivity index is 2.22. The number of furan rings is 1. The van der Waals surface area contributed by atoms with E-state index in [2.05, 4.69) is 20.9 Å². The summed E-state index contributed by atoms with van der Waals surface area (Å²) in [6.45, 7) is 1.89. The zero-order valence-electron chi connectivity index (χ0n) is 8.73. The lowest BCUT2D eigenvalue weighted by atomic mass is 10.4. The van der Waals surface area contributed by atoms with Crippen LogP contribution in [-0.4, -0.2) is 17.9 Å². The Morgan fingerprint density at radius 3 is 2.81 bits per heavy atom. The average Bonchev–Trinajstić information content (AvgIpc) is 2.85. The molecule has 0 radical (unpaired) electrons. The van der Waals surface area contributed by atoms with Gasteiger partial charge < -0.3 is 4.42 Å². The number of carbonyl (C=O) groups is 1. The summed E-state index contributed by atoms with van der Waals surface area (Å²) in [5.41, 5.74) is 0.903. The van der Waals surface area contributed by atoms with Gasteiger partial charge in [-0.1, -0.05) is 0 Å². The van der Waals surface area contributed by atoms with Crippen molar-refractivity contribution in [1.29, 1.82) is 0 Å². The van der Waals surface area contributed by atoms with Crippen molar-refractivity contribution < 1.29 is 9.21 Å². The zero-order valence-corrected chi connectivity index (χ0v) is 11.1. The number of hydrogen-bond donors (Lipinski definition) is 0. The Labute approximate surface area is 105 Å². The van der Waals surface area contributed by atoms with Crippen molar-refractivity contribution >= 4 is 38.3 Å². The minimum Gasteiger partial charge on any atom is -0.444 e. The highest BCUT2D eigenvalue weighted by atomic mass is 79.9. The number of anilines is 1. The molecule has 84 valence electrons. The molecule has 0 unspecified atom stereocenters. The van der Waals surface area contributed by atoms with Crippen LogP contribution in [0.3, 0.4) is 0 Å². The van der Waals surface area contributed by atoms with E-state index in [4.69, 9.17) is 4.42 Å². The van der Waals surface area contributed by atoms with Gasteiger partial charge in [0.25, 0.3) is 5.91 Å². The average molecular weight is 301 g/mol. The number of rotatable bonds is 2. The highest BCUT2D eigenvalue weighted by Gasteiger charge is 2.18. The normalized spacial score (nSPS) is 10.4. The fraction of sp³-hybridized carbons (Fsp3) is 0.200. The third kappa shape index (κ3) is 2.17. The van der Waals surface area contributed by atoms with Gasteiger partial charge in [0.2, 0.25) is 0 Å². The number of halogens is 1. The number of amides is 1. The molecule has 6 heteroatoms. The molecule has 0 aliphatic carbocycles. The van der Waals surface area contributed by atoms with Gasteiger partial charge in [0, 0.05) is 12.4 Å². The fourth-order valence-electron chi connectivity index (χ4n) is 1.18. The van der Waals surface area contributed by atoms with E-state index in [-0.39, 0.29) is 5.91 Å². The Morgan fingerprint density at radius 1 is 1.56 bits per heavy atom. The van der Waals surface area contributed by atoms with Crippen LogP contribution in [0.4, 0.5) is 5.13 Å². The van der Waals surface area contributed by atoms with Gasteiger partial charge in [-0.2, -0.15) is 0 Å². The Hall–Kier alpha value is -1.14. The van der Waals surface area contributed by atoms with Crippen molar-refractivity contribution in [2.75, 3.05) is 11.9 Å². The Morgan fingerprint density at radius 2 is 2.31 bits per heavy atom. The lowest BCUT2D eigenvalue weighted by Crippen LogP contribution is -2.25. The maximum atomic E-state index is 11.9. The van der Waals surface area contributed by atoms with Gasteiger partial charge in [0.15, 0.2) is 15.6 Å². The van der Waals surface area contributed by atoms with Crippen molar-refractivity contribution in [3.8, 4) is 0 Å². The van der Waals surface area contributed by atoms with Crippen molar-refractivity contribution in [3.63, 3.8) is 0 Å². The fourth-order valence-corrected chi connectivity index (χ4v) is 2.25. The van der Waals surface area contributed by atoms with E-state index in [1.54, 1.807) is 19.2 Å². The molecule has 0 aromatic carbocycles. The molecule has 0 atom stereocenters. The maximum Gasteiger partial charge on any atom is 0.295 e. The van der Waals surface area contributed by atoms with E-state index in [1.165, 1.54) is 16.2 Å². The SMILES string of the molecule is Cc1csc(N(C)C(=O)c2ccc(Br)o2)n1. The first kappa shape index (κ1) is 11.3. The third-order valence-electron chi connectivity index (χ3n) is 1.98. The molecule has 2 heterocycles. The highest BCUT2D eigenvalue weighted by Crippen LogP contribution is 2.22. The van der Waals surface area contributed by atoms with Crippen molar-refractivity contribution in [1.82, 2.24) is 4.98 Å². The molecular formula is C10H9BrN2O2S. The molecule has 1 amide bonds. The smallest absolute Gasteiger partial charge is 0.295 e. The standard InChI is InChI=1S/C10H9BrN2O2S/c1-6-5-16-10(12-6)13(2)9(14)7-3-4-8(11)15-7/h3-5H,1-2H3. The second-order valence-electron chi connectivity index (χ2n) is 3.24. The van der Waals surface area contributed by atoms with Crippen molar-refractivity contribution in [2.45, 2.75) is 6.92 Å². The number of nitrogens with zero attached hydrogens (tertiary/aromatic N) is 2. The van der Waals surface area contributed by atoms with Crippen LogP contribution in [-0.2, 0) is 0 Å². The molecule has 0 bridgehead atoms. The summed E-state index contributed by atoms with van der Waals surface area (Å²) in [6, 6.07) is 3.32. The first-order valence-corrected chi connectivity index (χ1v) is 6.20. The lowest BCUT2D eigenvalue weighted by Gasteiger charge is -2.11. The van der Waals surface area contributed by atoms with Gasteiger partial charge in [0.1, 0.15) is 0 Å². The van der Waals surface area contributed by atoms with Crippen LogP contribution in [0.25, 0.3) is 0 Å². The summed E-state index contributed by atoms with van der Waals surface area (Å²) in [6.07, 6.45) is 0. The molecule has 2 aromatic rings. The predicted octanol–water partition coefficient (Wildman–Crippen LogP) is 3.08. The molecule has 0 saturated carbocycles. The molecule has 0 aliphatic heterocycles. The number of carbonyl (C=O) groups excluding carboxylic acids is 1. The minimum absolute atomic E-state index is 0.208. The predicted molar refractivity (Wildman–Crippen MR) is 66.0 cm³/mol. The van der Waals surface area contributed by atoms with Gasteiger partial charge in [-0.15, -0.1) is 11.3 Å². The first-order chi connectivity index (χ1) is 7.58. The van der Waals surface area contributed by atoms with Crippen LogP contribution < -0.4 is 4.90 Å². The highest BCUT2D eigenvalue weighted by molar-refractivity contribution is 9.10. The summed E-state index contributed by atoms with van der Waals surface area (Å²) in [7, 11) is 1.68. The third-order valence-corrected chi connectivity index (χ3v) is 3.44. The lowest BCUT2D eigenvalue weighted by molar-refractivity contribution is 0.0965. The van der Waals surface area contributed by atoms with Gasteiger partial charge >= 0.3 is 0 Å². The molecule has 16 heavy (non-hydrogen) atoms. The summed E-state index contributed by atoms with van der Waals surface area (Å²) in [4.78, 5) is 17.7. The Kier molecular flexibility index (Phi) is 3.11. The molecule has 0 aliphatic rings. The van der Waals surface area contributed by atoms with Crippen LogP contribution in [0.15, 0.2) is 26.6 Å².